The van der Waals surface area contributed by atoms with Crippen LogP contribution in [0.1, 0.15) is 11.4 Å². The highest BCUT2D eigenvalue weighted by Gasteiger charge is 2.23. The van der Waals surface area contributed by atoms with E-state index in [1.54, 1.807) is 6.20 Å². The van der Waals surface area contributed by atoms with Gasteiger partial charge in [0.05, 0.1) is 36.8 Å². The van der Waals surface area contributed by atoms with Gasteiger partial charge in [0.15, 0.2) is 0 Å². The van der Waals surface area contributed by atoms with Gasteiger partial charge in [0, 0.05) is 61.5 Å². The number of benzene rings is 1. The van der Waals surface area contributed by atoms with Gasteiger partial charge in [-0.1, -0.05) is 18.2 Å². The van der Waals surface area contributed by atoms with Gasteiger partial charge in [-0.2, -0.15) is 0 Å². The van der Waals surface area contributed by atoms with Crippen LogP contribution in [0.5, 0.6) is 0 Å². The number of imidazole rings is 1. The van der Waals surface area contributed by atoms with E-state index in [0.717, 1.165) is 72.1 Å². The first-order valence-corrected chi connectivity index (χ1v) is 10.9. The Morgan fingerprint density at radius 3 is 2.72 bits per heavy atom. The van der Waals surface area contributed by atoms with Crippen LogP contribution < -0.4 is 9.80 Å². The molecule has 2 aliphatic heterocycles. The summed E-state index contributed by atoms with van der Waals surface area (Å²) in [5.41, 5.74) is 8.70. The monoisotopic (exact) mass is 424 g/mol. The lowest BCUT2D eigenvalue weighted by atomic mass is 9.94. The second-order valence-electron chi connectivity index (χ2n) is 8.21. The summed E-state index contributed by atoms with van der Waals surface area (Å²) in [4.78, 5) is 21.9. The highest BCUT2D eigenvalue weighted by molar-refractivity contribution is 5.94. The summed E-state index contributed by atoms with van der Waals surface area (Å²) < 4.78 is 5.52. The van der Waals surface area contributed by atoms with Crippen LogP contribution in [0, 0.1) is 0 Å². The van der Waals surface area contributed by atoms with Crippen molar-refractivity contribution in [2.45, 2.75) is 0 Å². The lowest BCUT2D eigenvalue weighted by molar-refractivity contribution is 0.123. The number of nitrogens with zero attached hydrogens (tertiary/aromatic N) is 5. The second-order valence-corrected chi connectivity index (χ2v) is 8.21. The maximum atomic E-state index is 5.52. The highest BCUT2D eigenvalue weighted by atomic mass is 16.5. The van der Waals surface area contributed by atoms with Crippen molar-refractivity contribution < 1.29 is 4.74 Å². The fourth-order valence-electron chi connectivity index (χ4n) is 4.54. The van der Waals surface area contributed by atoms with Crippen molar-refractivity contribution in [3.8, 4) is 11.1 Å². The number of H-pyrrole nitrogens is 1. The summed E-state index contributed by atoms with van der Waals surface area (Å²) in [5, 5.41) is 0. The number of anilines is 2. The van der Waals surface area contributed by atoms with Crippen molar-refractivity contribution in [2.75, 3.05) is 49.7 Å². The SMILES string of the molecule is CN1CC=C(c2nc3c(N4CCOCC4)cncc3[nH]2)c2cc(-c3cccnc3)ccc21. The predicted molar refractivity (Wildman–Crippen MR) is 127 cm³/mol. The molecule has 160 valence electrons. The quantitative estimate of drug-likeness (QED) is 0.540. The predicted octanol–water partition coefficient (Wildman–Crippen LogP) is 3.74. The van der Waals surface area contributed by atoms with Crippen LogP contribution in [0.2, 0.25) is 0 Å². The van der Waals surface area contributed by atoms with Gasteiger partial charge in [0.2, 0.25) is 0 Å². The number of rotatable bonds is 3. The Bertz CT molecular complexity index is 1310. The lowest BCUT2D eigenvalue weighted by Crippen LogP contribution is -2.36. The average Bonchev–Trinajstić information content (AvgIpc) is 3.29. The maximum Gasteiger partial charge on any atom is 0.139 e. The third-order valence-corrected chi connectivity index (χ3v) is 6.24. The average molecular weight is 425 g/mol. The molecular formula is C25H24N6O. The van der Waals surface area contributed by atoms with Crippen LogP contribution in [0.3, 0.4) is 0 Å². The summed E-state index contributed by atoms with van der Waals surface area (Å²) in [6.07, 6.45) is 9.72. The minimum atomic E-state index is 0.732. The summed E-state index contributed by atoms with van der Waals surface area (Å²) >= 11 is 0. The molecule has 0 spiro atoms. The summed E-state index contributed by atoms with van der Waals surface area (Å²) in [6, 6.07) is 10.6. The van der Waals surface area contributed by atoms with Crippen molar-refractivity contribution in [3.05, 3.63) is 72.6 Å². The number of ether oxygens (including phenoxy) is 1. The molecule has 1 aromatic carbocycles. The van der Waals surface area contributed by atoms with E-state index in [2.05, 4.69) is 62.1 Å². The molecule has 1 saturated heterocycles. The van der Waals surface area contributed by atoms with Gasteiger partial charge in [0.1, 0.15) is 11.3 Å². The number of aromatic amines is 1. The third-order valence-electron chi connectivity index (χ3n) is 6.24. The highest BCUT2D eigenvalue weighted by Crippen LogP contribution is 2.38. The summed E-state index contributed by atoms with van der Waals surface area (Å²) in [5.74, 6) is 0.875. The van der Waals surface area contributed by atoms with Crippen molar-refractivity contribution in [1.82, 2.24) is 19.9 Å². The smallest absolute Gasteiger partial charge is 0.139 e. The Hall–Kier alpha value is -3.71. The van der Waals surface area contributed by atoms with Crippen LogP contribution in [0.4, 0.5) is 11.4 Å². The molecular weight excluding hydrogens is 400 g/mol. The number of aromatic nitrogens is 4. The number of morpholine rings is 1. The van der Waals surface area contributed by atoms with Gasteiger partial charge < -0.3 is 19.5 Å². The van der Waals surface area contributed by atoms with Crippen LogP contribution >= 0.6 is 0 Å². The molecule has 5 heterocycles. The van der Waals surface area contributed by atoms with Crippen LogP contribution in [-0.4, -0.2) is 59.8 Å². The number of likely N-dealkylation sites (N-methyl/N-ethyl adjacent to an activating group) is 1. The van der Waals surface area contributed by atoms with Crippen LogP contribution in [0.15, 0.2) is 61.2 Å². The molecule has 1 N–H and O–H groups in total. The molecule has 2 aliphatic rings. The van der Waals surface area contributed by atoms with E-state index in [1.807, 2.05) is 24.7 Å². The largest absolute Gasteiger partial charge is 0.378 e. The number of fused-ring (bicyclic) bond motifs is 2. The van der Waals surface area contributed by atoms with Crippen molar-refractivity contribution in [1.29, 1.82) is 0 Å². The van der Waals surface area contributed by atoms with Crippen molar-refractivity contribution >= 4 is 28.0 Å². The van der Waals surface area contributed by atoms with E-state index in [4.69, 9.17) is 9.72 Å². The molecule has 0 saturated carbocycles. The molecule has 0 radical (unpaired) electrons. The fourth-order valence-corrected chi connectivity index (χ4v) is 4.54. The molecule has 32 heavy (non-hydrogen) atoms. The van der Waals surface area contributed by atoms with E-state index in [1.165, 1.54) is 11.3 Å². The van der Waals surface area contributed by atoms with E-state index < -0.39 is 0 Å². The first kappa shape index (κ1) is 19.0. The number of nitrogens with one attached hydrogen (secondary N) is 1. The topological polar surface area (TPSA) is 70.2 Å². The van der Waals surface area contributed by atoms with E-state index in [-0.39, 0.29) is 0 Å². The van der Waals surface area contributed by atoms with Gasteiger partial charge in [-0.15, -0.1) is 0 Å². The number of hydrogen-bond acceptors (Lipinski definition) is 6. The minimum Gasteiger partial charge on any atom is -0.378 e. The van der Waals surface area contributed by atoms with Gasteiger partial charge in [0.25, 0.3) is 0 Å². The molecule has 4 aromatic rings. The Morgan fingerprint density at radius 1 is 0.969 bits per heavy atom. The normalized spacial score (nSPS) is 16.2. The molecule has 0 bridgehead atoms. The maximum absolute atomic E-state index is 5.52. The zero-order chi connectivity index (χ0) is 21.5. The molecule has 6 rings (SSSR count). The lowest BCUT2D eigenvalue weighted by Gasteiger charge is -2.28. The summed E-state index contributed by atoms with van der Waals surface area (Å²) in [7, 11) is 2.12. The molecule has 0 amide bonds. The zero-order valence-corrected chi connectivity index (χ0v) is 18.0. The van der Waals surface area contributed by atoms with Gasteiger partial charge in [-0.05, 0) is 23.8 Å². The Kier molecular flexibility index (Phi) is 4.61. The summed E-state index contributed by atoms with van der Waals surface area (Å²) in [6.45, 7) is 4.01. The van der Waals surface area contributed by atoms with Gasteiger partial charge in [-0.25, -0.2) is 4.98 Å². The standard InChI is InChI=1S/C25H24N6O/c1-30-8-6-19(20-13-17(4-5-22(20)30)18-3-2-7-26-14-18)25-28-21-15-27-16-23(24(21)29-25)31-9-11-32-12-10-31/h2-7,13-16H,8-12H2,1H3,(H,28,29). The molecule has 0 unspecified atom stereocenters. The van der Waals surface area contributed by atoms with E-state index in [9.17, 15) is 0 Å². The Labute approximate surface area is 186 Å². The van der Waals surface area contributed by atoms with Crippen LogP contribution in [0.25, 0.3) is 27.7 Å². The zero-order valence-electron chi connectivity index (χ0n) is 18.0. The minimum absolute atomic E-state index is 0.732. The van der Waals surface area contributed by atoms with Crippen molar-refractivity contribution in [2.24, 2.45) is 0 Å². The molecule has 1 fully saturated rings. The van der Waals surface area contributed by atoms with Gasteiger partial charge >= 0.3 is 0 Å². The molecule has 0 atom stereocenters. The van der Waals surface area contributed by atoms with E-state index >= 15 is 0 Å². The second kappa shape index (κ2) is 7.76. The molecule has 7 heteroatoms. The van der Waals surface area contributed by atoms with Crippen LogP contribution in [-0.2, 0) is 4.74 Å². The number of pyridine rings is 2. The molecule has 0 aliphatic carbocycles. The fraction of sp³-hybridized carbons (Fsp3) is 0.240. The Balaban J connectivity index is 1.45. The molecule has 3 aromatic heterocycles. The molecule has 7 nitrogen and oxygen atoms in total. The number of hydrogen-bond donors (Lipinski definition) is 1. The van der Waals surface area contributed by atoms with Crippen molar-refractivity contribution in [3.63, 3.8) is 0 Å². The third kappa shape index (κ3) is 3.22. The Morgan fingerprint density at radius 2 is 1.88 bits per heavy atom. The first-order valence-electron chi connectivity index (χ1n) is 10.9. The van der Waals surface area contributed by atoms with Gasteiger partial charge in [-0.3, -0.25) is 9.97 Å². The first-order chi connectivity index (χ1) is 15.8. The van der Waals surface area contributed by atoms with E-state index in [0.29, 0.717) is 0 Å².